The zero-order chi connectivity index (χ0) is 19.0. The van der Waals surface area contributed by atoms with Crippen molar-refractivity contribution in [2.24, 2.45) is 0 Å². The Balaban J connectivity index is 0.000000450. The average molecular weight is 392 g/mol. The lowest BCUT2D eigenvalue weighted by molar-refractivity contribution is -0.159. The van der Waals surface area contributed by atoms with E-state index in [9.17, 15) is 4.79 Å². The number of likely N-dealkylation sites (tertiary alicyclic amines) is 1. The lowest BCUT2D eigenvalue weighted by Gasteiger charge is -2.23. The maximum absolute atomic E-state index is 11.9. The summed E-state index contributed by atoms with van der Waals surface area (Å²) < 4.78 is 5.42. The van der Waals surface area contributed by atoms with Crippen LogP contribution in [0.25, 0.3) is 0 Å². The highest BCUT2D eigenvalue weighted by atomic mass is 35.5. The van der Waals surface area contributed by atoms with Crippen molar-refractivity contribution < 1.29 is 29.3 Å². The first-order valence-electron chi connectivity index (χ1n) is 7.54. The minimum absolute atomic E-state index is 0.155. The van der Waals surface area contributed by atoms with Crippen molar-refractivity contribution in [1.82, 2.24) is 4.90 Å². The molecular formula is C16H19Cl2NO6. The molecule has 0 bridgehead atoms. The minimum Gasteiger partial charge on any atom is -0.473 e. The predicted molar refractivity (Wildman–Crippen MR) is 91.8 cm³/mol. The molecule has 1 aromatic rings. The first-order chi connectivity index (χ1) is 11.7. The number of ether oxygens (including phenoxy) is 1. The molecule has 0 radical (unpaired) electrons. The molecule has 1 saturated heterocycles. The summed E-state index contributed by atoms with van der Waals surface area (Å²) in [7, 11) is 0. The van der Waals surface area contributed by atoms with Crippen LogP contribution in [0.3, 0.4) is 0 Å². The van der Waals surface area contributed by atoms with Gasteiger partial charge in [0.1, 0.15) is 0 Å². The molecule has 138 valence electrons. The standard InChI is InChI=1S/C14H17Cl2NO2.C2H2O4/c1-10(17-6-2-3-7-17)19-14(18)9-11-4-5-12(15)13(16)8-11;3-1(4)2(5)6/h4-5,8,10H,2-3,6-7,9H2,1H3;(H,3,4)(H,5,6). The first kappa shape index (κ1) is 21.2. The monoisotopic (exact) mass is 391 g/mol. The molecule has 2 rings (SSSR count). The summed E-state index contributed by atoms with van der Waals surface area (Å²) >= 11 is 11.7. The van der Waals surface area contributed by atoms with Crippen molar-refractivity contribution >= 4 is 41.1 Å². The molecule has 1 heterocycles. The molecule has 1 unspecified atom stereocenters. The van der Waals surface area contributed by atoms with Crippen LogP contribution >= 0.6 is 23.2 Å². The largest absolute Gasteiger partial charge is 0.473 e. The Morgan fingerprint density at radius 3 is 2.16 bits per heavy atom. The number of carbonyl (C=O) groups is 3. The molecule has 7 nitrogen and oxygen atoms in total. The Bertz CT molecular complexity index is 619. The molecule has 9 heteroatoms. The predicted octanol–water partition coefficient (Wildman–Crippen LogP) is 2.68. The van der Waals surface area contributed by atoms with E-state index in [4.69, 9.17) is 47.7 Å². The first-order valence-corrected chi connectivity index (χ1v) is 8.30. The molecule has 0 spiro atoms. The van der Waals surface area contributed by atoms with Crippen LogP contribution in [-0.4, -0.2) is 52.3 Å². The fraction of sp³-hybridized carbons (Fsp3) is 0.438. The van der Waals surface area contributed by atoms with Crippen LogP contribution in [0.4, 0.5) is 0 Å². The van der Waals surface area contributed by atoms with Crippen LogP contribution in [0.15, 0.2) is 18.2 Å². The van der Waals surface area contributed by atoms with E-state index in [-0.39, 0.29) is 18.6 Å². The van der Waals surface area contributed by atoms with Gasteiger partial charge in [0.15, 0.2) is 6.23 Å². The molecule has 0 saturated carbocycles. The van der Waals surface area contributed by atoms with Crippen LogP contribution in [-0.2, 0) is 25.5 Å². The lowest BCUT2D eigenvalue weighted by Crippen LogP contribution is -2.34. The normalized spacial score (nSPS) is 15.0. The third-order valence-electron chi connectivity index (χ3n) is 3.47. The Kier molecular flexibility index (Phi) is 8.68. The second kappa shape index (κ2) is 10.2. The van der Waals surface area contributed by atoms with Gasteiger partial charge in [-0.3, -0.25) is 9.69 Å². The molecule has 1 aliphatic heterocycles. The van der Waals surface area contributed by atoms with Gasteiger partial charge in [-0.15, -0.1) is 0 Å². The quantitative estimate of drug-likeness (QED) is 0.600. The van der Waals surface area contributed by atoms with Crippen molar-refractivity contribution in [3.63, 3.8) is 0 Å². The Morgan fingerprint density at radius 2 is 1.68 bits per heavy atom. The summed E-state index contributed by atoms with van der Waals surface area (Å²) in [5.41, 5.74) is 0.813. The fourth-order valence-electron chi connectivity index (χ4n) is 2.23. The van der Waals surface area contributed by atoms with Crippen LogP contribution in [0, 0.1) is 0 Å². The molecule has 1 atom stereocenters. The van der Waals surface area contributed by atoms with E-state index in [0.29, 0.717) is 10.0 Å². The van der Waals surface area contributed by atoms with Crippen LogP contribution in [0.2, 0.25) is 10.0 Å². The van der Waals surface area contributed by atoms with E-state index >= 15 is 0 Å². The molecular weight excluding hydrogens is 373 g/mol. The topological polar surface area (TPSA) is 104 Å². The maximum Gasteiger partial charge on any atom is 0.414 e. The molecule has 1 fully saturated rings. The molecule has 0 aromatic heterocycles. The highest BCUT2D eigenvalue weighted by Crippen LogP contribution is 2.23. The number of esters is 1. The van der Waals surface area contributed by atoms with Gasteiger partial charge in [-0.05, 0) is 37.5 Å². The van der Waals surface area contributed by atoms with Crippen LogP contribution < -0.4 is 0 Å². The summed E-state index contributed by atoms with van der Waals surface area (Å²) in [4.78, 5) is 32.2. The Morgan fingerprint density at radius 1 is 1.12 bits per heavy atom. The highest BCUT2D eigenvalue weighted by Gasteiger charge is 2.21. The molecule has 0 aliphatic carbocycles. The van der Waals surface area contributed by atoms with Crippen molar-refractivity contribution in [2.45, 2.75) is 32.4 Å². The maximum atomic E-state index is 11.9. The number of aliphatic carboxylic acids is 2. The highest BCUT2D eigenvalue weighted by molar-refractivity contribution is 6.42. The average Bonchev–Trinajstić information content (AvgIpc) is 3.06. The van der Waals surface area contributed by atoms with Crippen molar-refractivity contribution in [3.8, 4) is 0 Å². The number of rotatable bonds is 4. The van der Waals surface area contributed by atoms with Gasteiger partial charge in [-0.2, -0.15) is 0 Å². The van der Waals surface area contributed by atoms with Gasteiger partial charge in [0.05, 0.1) is 16.5 Å². The molecule has 0 amide bonds. The number of hydrogen-bond acceptors (Lipinski definition) is 5. The van der Waals surface area contributed by atoms with Gasteiger partial charge in [0.25, 0.3) is 0 Å². The second-order valence-electron chi connectivity index (χ2n) is 5.37. The van der Waals surface area contributed by atoms with E-state index in [2.05, 4.69) is 4.90 Å². The number of carbonyl (C=O) groups excluding carboxylic acids is 1. The van der Waals surface area contributed by atoms with E-state index < -0.39 is 11.9 Å². The number of benzene rings is 1. The Hall–Kier alpha value is -1.83. The number of hydrogen-bond donors (Lipinski definition) is 2. The summed E-state index contributed by atoms with van der Waals surface area (Å²) in [6.07, 6.45) is 2.41. The zero-order valence-corrected chi connectivity index (χ0v) is 15.1. The molecule has 1 aromatic carbocycles. The van der Waals surface area contributed by atoms with Gasteiger partial charge < -0.3 is 14.9 Å². The van der Waals surface area contributed by atoms with Gasteiger partial charge in [-0.25, -0.2) is 9.59 Å². The zero-order valence-electron chi connectivity index (χ0n) is 13.6. The van der Waals surface area contributed by atoms with Crippen molar-refractivity contribution in [2.75, 3.05) is 13.1 Å². The lowest BCUT2D eigenvalue weighted by atomic mass is 10.1. The van der Waals surface area contributed by atoms with E-state index in [0.717, 1.165) is 18.7 Å². The summed E-state index contributed by atoms with van der Waals surface area (Å²) in [6.45, 7) is 3.92. The SMILES string of the molecule is CC(OC(=O)Cc1ccc(Cl)c(Cl)c1)N1CCCC1.O=C(O)C(=O)O. The van der Waals surface area contributed by atoms with E-state index in [1.54, 1.807) is 18.2 Å². The smallest absolute Gasteiger partial charge is 0.414 e. The van der Waals surface area contributed by atoms with Gasteiger partial charge >= 0.3 is 17.9 Å². The number of nitrogens with zero attached hydrogens (tertiary/aromatic N) is 1. The third-order valence-corrected chi connectivity index (χ3v) is 4.21. The summed E-state index contributed by atoms with van der Waals surface area (Å²) in [6, 6.07) is 5.18. The van der Waals surface area contributed by atoms with Gasteiger partial charge in [0, 0.05) is 13.1 Å². The summed E-state index contributed by atoms with van der Waals surface area (Å²) in [5, 5.41) is 15.7. The molecule has 1 aliphatic rings. The Labute approximate surface area is 155 Å². The van der Waals surface area contributed by atoms with Gasteiger partial charge in [-0.1, -0.05) is 29.3 Å². The van der Waals surface area contributed by atoms with Crippen LogP contribution in [0.1, 0.15) is 25.3 Å². The number of halogens is 2. The second-order valence-corrected chi connectivity index (χ2v) is 6.18. The van der Waals surface area contributed by atoms with Gasteiger partial charge in [0.2, 0.25) is 0 Å². The summed E-state index contributed by atoms with van der Waals surface area (Å²) in [5.74, 6) is -3.89. The third kappa shape index (κ3) is 7.72. The minimum atomic E-state index is -1.82. The van der Waals surface area contributed by atoms with Crippen LogP contribution in [0.5, 0.6) is 0 Å². The molecule has 2 N–H and O–H groups in total. The van der Waals surface area contributed by atoms with Crippen molar-refractivity contribution in [1.29, 1.82) is 0 Å². The van der Waals surface area contributed by atoms with E-state index in [1.165, 1.54) is 12.8 Å². The number of carboxylic acids is 2. The molecule has 25 heavy (non-hydrogen) atoms. The fourth-order valence-corrected chi connectivity index (χ4v) is 2.55. The number of carboxylic acid groups (broad SMARTS) is 2. The van der Waals surface area contributed by atoms with Crippen molar-refractivity contribution in [3.05, 3.63) is 33.8 Å². The van der Waals surface area contributed by atoms with E-state index in [1.807, 2.05) is 6.92 Å².